The van der Waals surface area contributed by atoms with Crippen molar-refractivity contribution >= 4 is 11.7 Å². The van der Waals surface area contributed by atoms with Crippen molar-refractivity contribution in [2.45, 2.75) is 6.54 Å². The van der Waals surface area contributed by atoms with Gasteiger partial charge in [-0.2, -0.15) is 5.26 Å². The Bertz CT molecular complexity index is 697. The van der Waals surface area contributed by atoms with Crippen LogP contribution < -0.4 is 5.32 Å². The Morgan fingerprint density at radius 3 is 3.00 bits per heavy atom. The van der Waals surface area contributed by atoms with E-state index in [9.17, 15) is 9.18 Å². The standard InChI is InChI=1S/C13H9FN4O2/c14-9-1-2-11(8(3-9)4-15)17-6-12-10(13(19)20)5-16-7-18-12/h1-3,5,7,17H,6H2,(H,19,20). The van der Waals surface area contributed by atoms with Crippen LogP contribution in [0, 0.1) is 17.1 Å². The molecule has 0 saturated heterocycles. The van der Waals surface area contributed by atoms with Gasteiger partial charge in [-0.15, -0.1) is 0 Å². The minimum atomic E-state index is -1.14. The fourth-order valence-electron chi connectivity index (χ4n) is 1.62. The molecule has 1 heterocycles. The molecule has 0 aliphatic rings. The molecule has 2 N–H and O–H groups in total. The number of carboxylic acids is 1. The Balaban J connectivity index is 2.22. The molecule has 2 rings (SSSR count). The number of anilines is 1. The molecule has 0 saturated carbocycles. The molecule has 100 valence electrons. The molecular formula is C13H9FN4O2. The molecule has 2 aromatic rings. The van der Waals surface area contributed by atoms with Crippen LogP contribution in [0.3, 0.4) is 0 Å². The molecule has 7 heteroatoms. The van der Waals surface area contributed by atoms with E-state index in [2.05, 4.69) is 15.3 Å². The number of carbonyl (C=O) groups is 1. The predicted octanol–water partition coefficient (Wildman–Crippen LogP) is 1.80. The molecule has 0 unspecified atom stereocenters. The number of rotatable bonds is 4. The second-order valence-electron chi connectivity index (χ2n) is 3.84. The minimum Gasteiger partial charge on any atom is -0.478 e. The number of carboxylic acid groups (broad SMARTS) is 1. The van der Waals surface area contributed by atoms with Gasteiger partial charge in [0.2, 0.25) is 0 Å². The molecule has 0 fully saturated rings. The molecule has 6 nitrogen and oxygen atoms in total. The third-order valence-electron chi connectivity index (χ3n) is 2.57. The normalized spacial score (nSPS) is 9.80. The lowest BCUT2D eigenvalue weighted by molar-refractivity contribution is 0.0694. The van der Waals surface area contributed by atoms with Gasteiger partial charge >= 0.3 is 5.97 Å². The van der Waals surface area contributed by atoms with E-state index in [1.165, 1.54) is 24.7 Å². The fraction of sp³-hybridized carbons (Fsp3) is 0.0769. The summed E-state index contributed by atoms with van der Waals surface area (Å²) in [4.78, 5) is 18.5. The molecule has 0 atom stereocenters. The highest BCUT2D eigenvalue weighted by Gasteiger charge is 2.12. The molecular weight excluding hydrogens is 263 g/mol. The highest BCUT2D eigenvalue weighted by Crippen LogP contribution is 2.17. The van der Waals surface area contributed by atoms with E-state index < -0.39 is 11.8 Å². The van der Waals surface area contributed by atoms with Crippen LogP contribution in [0.15, 0.2) is 30.7 Å². The van der Waals surface area contributed by atoms with Crippen molar-refractivity contribution in [1.82, 2.24) is 9.97 Å². The first-order valence-corrected chi connectivity index (χ1v) is 5.57. The van der Waals surface area contributed by atoms with Crippen LogP contribution in [0.2, 0.25) is 0 Å². The van der Waals surface area contributed by atoms with Crippen molar-refractivity contribution in [1.29, 1.82) is 5.26 Å². The zero-order valence-electron chi connectivity index (χ0n) is 10.2. The average Bonchev–Trinajstić information content (AvgIpc) is 2.46. The van der Waals surface area contributed by atoms with E-state index in [1.807, 2.05) is 6.07 Å². The van der Waals surface area contributed by atoms with E-state index in [-0.39, 0.29) is 23.4 Å². The second-order valence-corrected chi connectivity index (χ2v) is 3.84. The van der Waals surface area contributed by atoms with Crippen LogP contribution in [0.5, 0.6) is 0 Å². The summed E-state index contributed by atoms with van der Waals surface area (Å²) in [5, 5.41) is 20.8. The summed E-state index contributed by atoms with van der Waals surface area (Å²) in [6.45, 7) is 0.0878. The molecule has 0 aliphatic carbocycles. The van der Waals surface area contributed by atoms with Crippen LogP contribution in [0.1, 0.15) is 21.6 Å². The summed E-state index contributed by atoms with van der Waals surface area (Å²) < 4.78 is 13.0. The van der Waals surface area contributed by atoms with Gasteiger partial charge in [-0.3, -0.25) is 0 Å². The van der Waals surface area contributed by atoms with Crippen molar-refractivity contribution in [3.63, 3.8) is 0 Å². The fourth-order valence-corrected chi connectivity index (χ4v) is 1.62. The Morgan fingerprint density at radius 1 is 1.50 bits per heavy atom. The molecule has 0 bridgehead atoms. The van der Waals surface area contributed by atoms with Gasteiger partial charge in [0.15, 0.2) is 0 Å². The number of benzene rings is 1. The highest BCUT2D eigenvalue weighted by molar-refractivity contribution is 5.88. The summed E-state index contributed by atoms with van der Waals surface area (Å²) >= 11 is 0. The van der Waals surface area contributed by atoms with Gasteiger partial charge in [0.1, 0.15) is 23.8 Å². The van der Waals surface area contributed by atoms with Crippen molar-refractivity contribution in [2.75, 3.05) is 5.32 Å². The first-order valence-electron chi connectivity index (χ1n) is 5.57. The lowest BCUT2D eigenvalue weighted by Gasteiger charge is -2.09. The van der Waals surface area contributed by atoms with Crippen LogP contribution in [0.4, 0.5) is 10.1 Å². The van der Waals surface area contributed by atoms with Crippen LogP contribution in [0.25, 0.3) is 0 Å². The van der Waals surface area contributed by atoms with Gasteiger partial charge in [0, 0.05) is 6.20 Å². The first-order chi connectivity index (χ1) is 9.61. The van der Waals surface area contributed by atoms with E-state index in [1.54, 1.807) is 0 Å². The summed E-state index contributed by atoms with van der Waals surface area (Å²) in [5.41, 5.74) is 0.793. The van der Waals surface area contributed by atoms with Crippen LogP contribution in [-0.4, -0.2) is 21.0 Å². The summed E-state index contributed by atoms with van der Waals surface area (Å²) in [6.07, 6.45) is 2.43. The van der Waals surface area contributed by atoms with E-state index in [0.29, 0.717) is 5.69 Å². The zero-order chi connectivity index (χ0) is 14.5. The molecule has 0 aliphatic heterocycles. The lowest BCUT2D eigenvalue weighted by Crippen LogP contribution is -2.10. The molecule has 1 aromatic carbocycles. The van der Waals surface area contributed by atoms with E-state index in [4.69, 9.17) is 10.4 Å². The maximum absolute atomic E-state index is 13.0. The Labute approximate surface area is 113 Å². The number of nitriles is 1. The number of nitrogens with zero attached hydrogens (tertiary/aromatic N) is 3. The smallest absolute Gasteiger partial charge is 0.339 e. The average molecular weight is 272 g/mol. The largest absolute Gasteiger partial charge is 0.478 e. The molecule has 0 spiro atoms. The quantitative estimate of drug-likeness (QED) is 0.880. The Hall–Kier alpha value is -3.01. The summed E-state index contributed by atoms with van der Waals surface area (Å²) in [7, 11) is 0. The number of nitrogens with one attached hydrogen (secondary N) is 1. The lowest BCUT2D eigenvalue weighted by atomic mass is 10.1. The number of hydrogen-bond acceptors (Lipinski definition) is 5. The topological polar surface area (TPSA) is 98.9 Å². The van der Waals surface area contributed by atoms with Crippen molar-refractivity contribution < 1.29 is 14.3 Å². The third-order valence-corrected chi connectivity index (χ3v) is 2.57. The van der Waals surface area contributed by atoms with Gasteiger partial charge in [-0.1, -0.05) is 0 Å². The number of aromatic carboxylic acids is 1. The van der Waals surface area contributed by atoms with Crippen molar-refractivity contribution in [2.24, 2.45) is 0 Å². The molecule has 0 radical (unpaired) electrons. The van der Waals surface area contributed by atoms with E-state index >= 15 is 0 Å². The highest BCUT2D eigenvalue weighted by atomic mass is 19.1. The number of hydrogen-bond donors (Lipinski definition) is 2. The van der Waals surface area contributed by atoms with Crippen molar-refractivity contribution in [3.05, 3.63) is 53.4 Å². The summed E-state index contributed by atoms with van der Waals surface area (Å²) in [5.74, 6) is -1.65. The SMILES string of the molecule is N#Cc1cc(F)ccc1NCc1ncncc1C(=O)O. The Kier molecular flexibility index (Phi) is 3.86. The first kappa shape index (κ1) is 13.4. The zero-order valence-corrected chi connectivity index (χ0v) is 10.2. The maximum atomic E-state index is 13.0. The minimum absolute atomic E-state index is 0.0272. The maximum Gasteiger partial charge on any atom is 0.339 e. The molecule has 0 amide bonds. The predicted molar refractivity (Wildman–Crippen MR) is 67.4 cm³/mol. The number of halogens is 1. The molecule has 1 aromatic heterocycles. The van der Waals surface area contributed by atoms with Gasteiger partial charge in [-0.05, 0) is 18.2 Å². The van der Waals surface area contributed by atoms with Gasteiger partial charge in [-0.25, -0.2) is 19.2 Å². The van der Waals surface area contributed by atoms with E-state index in [0.717, 1.165) is 6.07 Å². The Morgan fingerprint density at radius 2 is 2.30 bits per heavy atom. The summed E-state index contributed by atoms with van der Waals surface area (Å²) in [6, 6.07) is 5.58. The van der Waals surface area contributed by atoms with Crippen LogP contribution >= 0.6 is 0 Å². The van der Waals surface area contributed by atoms with Crippen molar-refractivity contribution in [3.8, 4) is 6.07 Å². The second kappa shape index (κ2) is 5.75. The third kappa shape index (κ3) is 2.87. The van der Waals surface area contributed by atoms with Gasteiger partial charge in [0.25, 0.3) is 0 Å². The van der Waals surface area contributed by atoms with Gasteiger partial charge in [0.05, 0.1) is 23.5 Å². The van der Waals surface area contributed by atoms with Gasteiger partial charge < -0.3 is 10.4 Å². The number of aromatic nitrogens is 2. The molecule has 20 heavy (non-hydrogen) atoms. The van der Waals surface area contributed by atoms with Crippen LogP contribution in [-0.2, 0) is 6.54 Å². The monoisotopic (exact) mass is 272 g/mol.